The van der Waals surface area contributed by atoms with E-state index in [0.29, 0.717) is 0 Å². The minimum atomic E-state index is -0.661. The number of rotatable bonds is 3. The molecule has 4 rings (SSSR count). The average Bonchev–Trinajstić information content (AvgIpc) is 3.15. The molecular weight excluding hydrogens is 457 g/mol. The van der Waals surface area contributed by atoms with Gasteiger partial charge in [-0.15, -0.1) is 0 Å². The van der Waals surface area contributed by atoms with Gasteiger partial charge in [0.15, 0.2) is 0 Å². The molecule has 0 saturated carbocycles. The molecule has 0 fully saturated rings. The molecule has 0 aromatic heterocycles. The van der Waals surface area contributed by atoms with Gasteiger partial charge in [0.2, 0.25) is 0 Å². The van der Waals surface area contributed by atoms with Crippen LogP contribution in [0.15, 0.2) is 47.8 Å². The first-order chi connectivity index (χ1) is 11.6. The SMILES string of the molecule is Cc1ccc(C)c2c1C=C[CH]2[Zr+2][CH]1C(P(C)C)=Cc2ccccc21.[Cl-].[Cl-]. The molecule has 2 aromatic rings. The second kappa shape index (κ2) is 8.88. The normalized spacial score (nSPS) is 19.2. The van der Waals surface area contributed by atoms with Crippen molar-refractivity contribution in [2.24, 2.45) is 0 Å². The number of aryl methyl sites for hydroxylation is 2. The van der Waals surface area contributed by atoms with Crippen molar-refractivity contribution < 1.29 is 48.0 Å². The maximum atomic E-state index is 2.52. The van der Waals surface area contributed by atoms with Gasteiger partial charge in [-0.3, -0.25) is 0 Å². The van der Waals surface area contributed by atoms with Crippen LogP contribution in [0.4, 0.5) is 0 Å². The summed E-state index contributed by atoms with van der Waals surface area (Å²) in [7, 11) is -0.00913. The quantitative estimate of drug-likeness (QED) is 0.555. The summed E-state index contributed by atoms with van der Waals surface area (Å²) in [4.78, 5) is 0. The first-order valence-corrected chi connectivity index (χ1v) is 13.7. The summed E-state index contributed by atoms with van der Waals surface area (Å²) in [6.45, 7) is 9.40. The molecular formula is C22H23Cl2PZr. The van der Waals surface area contributed by atoms with Crippen LogP contribution in [-0.2, 0) is 23.2 Å². The molecule has 2 atom stereocenters. The van der Waals surface area contributed by atoms with E-state index >= 15 is 0 Å². The zero-order valence-electron chi connectivity index (χ0n) is 15.6. The molecule has 0 amide bonds. The van der Waals surface area contributed by atoms with Gasteiger partial charge in [-0.2, -0.15) is 0 Å². The molecule has 0 nitrogen and oxygen atoms in total. The van der Waals surface area contributed by atoms with Gasteiger partial charge in [0, 0.05) is 0 Å². The Kier molecular flexibility index (Phi) is 7.55. The predicted octanol–water partition coefficient (Wildman–Crippen LogP) is 0.299. The van der Waals surface area contributed by atoms with Gasteiger partial charge >= 0.3 is 159 Å². The average molecular weight is 481 g/mol. The Morgan fingerprint density at radius 3 is 2.35 bits per heavy atom. The van der Waals surface area contributed by atoms with Crippen LogP contribution in [0, 0.1) is 13.8 Å². The Labute approximate surface area is 182 Å². The summed E-state index contributed by atoms with van der Waals surface area (Å²) in [6.07, 6.45) is 7.42. The molecule has 0 radical (unpaired) electrons. The molecule has 0 heterocycles. The standard InChI is InChI=1S/C11H12P.C11H11.2ClH.Zr/c1-12(2)11-7-9-5-3-4-6-10(9)8-11;1-8-6-7-9(2)11-5-3-4-10(8)11;;;/h3-8H,1-2H3;3-7H,1-2H3;2*1H;/q;;;;+2/p-2. The van der Waals surface area contributed by atoms with E-state index in [0.717, 1.165) is 7.25 Å². The number of benzene rings is 2. The van der Waals surface area contributed by atoms with Crippen molar-refractivity contribution >= 4 is 20.1 Å². The van der Waals surface area contributed by atoms with E-state index in [-0.39, 0.29) is 32.7 Å². The molecule has 0 bridgehead atoms. The molecule has 2 aliphatic carbocycles. The van der Waals surface area contributed by atoms with Crippen molar-refractivity contribution in [3.05, 3.63) is 81.2 Å². The van der Waals surface area contributed by atoms with E-state index in [1.54, 1.807) is 16.4 Å². The van der Waals surface area contributed by atoms with Crippen molar-refractivity contribution in [2.45, 2.75) is 21.1 Å². The third-order valence-corrected chi connectivity index (χ3v) is 11.7. The first-order valence-electron chi connectivity index (χ1n) is 8.58. The zero-order chi connectivity index (χ0) is 16.8. The summed E-state index contributed by atoms with van der Waals surface area (Å²) in [5, 5.41) is 1.74. The monoisotopic (exact) mass is 478 g/mol. The second-order valence-corrected chi connectivity index (χ2v) is 13.1. The predicted molar refractivity (Wildman–Crippen MR) is 104 cm³/mol. The Bertz CT molecular complexity index is 870. The Hall–Kier alpha value is -0.187. The molecule has 26 heavy (non-hydrogen) atoms. The van der Waals surface area contributed by atoms with Crippen molar-refractivity contribution in [2.75, 3.05) is 13.3 Å². The fourth-order valence-corrected chi connectivity index (χ4v) is 11.8. The molecule has 0 N–H and O–H groups in total. The minimum Gasteiger partial charge on any atom is -1.00 e. The van der Waals surface area contributed by atoms with Crippen LogP contribution in [0.3, 0.4) is 0 Å². The summed E-state index contributed by atoms with van der Waals surface area (Å²) in [5.41, 5.74) is 9.16. The van der Waals surface area contributed by atoms with Crippen molar-refractivity contribution in [3.63, 3.8) is 0 Å². The second-order valence-electron chi connectivity index (χ2n) is 7.06. The molecule has 0 aliphatic heterocycles. The number of halogens is 2. The largest absolute Gasteiger partial charge is 1.00 e. The topological polar surface area (TPSA) is 0 Å². The molecule has 4 heteroatoms. The summed E-state index contributed by atoms with van der Waals surface area (Å²) >= 11 is -0.661. The van der Waals surface area contributed by atoms with Crippen molar-refractivity contribution in [1.82, 2.24) is 0 Å². The molecule has 134 valence electrons. The van der Waals surface area contributed by atoms with Gasteiger partial charge in [-0.1, -0.05) is 0 Å². The number of allylic oxidation sites excluding steroid dienone is 2. The smallest absolute Gasteiger partial charge is 1.00 e. The molecule has 2 aliphatic rings. The maximum Gasteiger partial charge on any atom is -1.00 e. The van der Waals surface area contributed by atoms with E-state index in [2.05, 4.69) is 81.8 Å². The van der Waals surface area contributed by atoms with Gasteiger partial charge in [0.1, 0.15) is 0 Å². The molecule has 2 aromatic carbocycles. The van der Waals surface area contributed by atoms with Crippen LogP contribution in [0.5, 0.6) is 0 Å². The van der Waals surface area contributed by atoms with Crippen LogP contribution in [0.25, 0.3) is 12.2 Å². The van der Waals surface area contributed by atoms with Gasteiger partial charge in [-0.05, 0) is 0 Å². The molecule has 0 saturated heterocycles. The van der Waals surface area contributed by atoms with Gasteiger partial charge in [-0.25, -0.2) is 0 Å². The first kappa shape index (κ1) is 22.1. The van der Waals surface area contributed by atoms with Crippen LogP contribution in [-0.4, -0.2) is 13.3 Å². The van der Waals surface area contributed by atoms with E-state index in [9.17, 15) is 0 Å². The van der Waals surface area contributed by atoms with Crippen LogP contribution < -0.4 is 24.8 Å². The van der Waals surface area contributed by atoms with E-state index in [4.69, 9.17) is 0 Å². The van der Waals surface area contributed by atoms with Gasteiger partial charge < -0.3 is 24.8 Å². The Morgan fingerprint density at radius 2 is 1.62 bits per heavy atom. The zero-order valence-corrected chi connectivity index (χ0v) is 20.4. The van der Waals surface area contributed by atoms with Crippen molar-refractivity contribution in [3.8, 4) is 0 Å². The fraction of sp³-hybridized carbons (Fsp3) is 0.273. The summed E-state index contributed by atoms with van der Waals surface area (Å²) < 4.78 is 1.48. The Balaban J connectivity index is 0.00000121. The third-order valence-electron chi connectivity index (χ3n) is 5.26. The van der Waals surface area contributed by atoms with Crippen LogP contribution in [0.2, 0.25) is 0 Å². The number of hydrogen-bond acceptors (Lipinski definition) is 0. The minimum absolute atomic E-state index is 0. The third kappa shape index (κ3) is 3.84. The maximum absolute atomic E-state index is 2.52. The van der Waals surface area contributed by atoms with E-state index in [1.807, 2.05) is 0 Å². The van der Waals surface area contributed by atoms with Gasteiger partial charge in [0.25, 0.3) is 0 Å². The molecule has 0 spiro atoms. The van der Waals surface area contributed by atoms with E-state index < -0.39 is 23.2 Å². The Morgan fingerprint density at radius 1 is 0.923 bits per heavy atom. The number of hydrogen-bond donors (Lipinski definition) is 0. The molecule has 2 unspecified atom stereocenters. The fourth-order valence-electron chi connectivity index (χ4n) is 3.97. The van der Waals surface area contributed by atoms with E-state index in [1.165, 1.54) is 22.3 Å². The summed E-state index contributed by atoms with van der Waals surface area (Å²) in [5.74, 6) is 0. The van der Waals surface area contributed by atoms with Crippen LogP contribution in [0.1, 0.15) is 40.6 Å². The number of fused-ring (bicyclic) bond motifs is 2. The van der Waals surface area contributed by atoms with Crippen molar-refractivity contribution in [1.29, 1.82) is 0 Å². The van der Waals surface area contributed by atoms with Gasteiger partial charge in [0.05, 0.1) is 0 Å². The van der Waals surface area contributed by atoms with Crippen LogP contribution >= 0.6 is 7.92 Å². The summed E-state index contributed by atoms with van der Waals surface area (Å²) in [6, 6.07) is 13.7.